The summed E-state index contributed by atoms with van der Waals surface area (Å²) in [5.74, 6) is -134. The summed E-state index contributed by atoms with van der Waals surface area (Å²) in [6.45, 7) is 1.14. The van der Waals surface area contributed by atoms with Crippen molar-refractivity contribution in [3.05, 3.63) is 29.3 Å². The molecule has 35 heteroatoms. The Balaban J connectivity index is 3.81. The average Bonchev–Trinajstić information content (AvgIpc) is 3.07. The summed E-state index contributed by atoms with van der Waals surface area (Å²) >= 11 is 0. The van der Waals surface area contributed by atoms with Crippen LogP contribution < -0.4 is 5.32 Å². The third-order valence-corrected chi connectivity index (χ3v) is 8.11. The van der Waals surface area contributed by atoms with Crippen molar-refractivity contribution in [3.8, 4) is 0 Å². The van der Waals surface area contributed by atoms with Crippen LogP contribution in [0.4, 0.5) is 142 Å². The van der Waals surface area contributed by atoms with Crippen LogP contribution in [0, 0.1) is 6.92 Å². The smallest absolute Gasteiger partial charge is 0.349 e. The highest BCUT2D eigenvalue weighted by molar-refractivity contribution is 5.95. The molecular weight excluding hydrogens is 973 g/mol. The van der Waals surface area contributed by atoms with Gasteiger partial charge in [-0.15, -0.1) is 0 Å². The van der Waals surface area contributed by atoms with Gasteiger partial charge in [-0.25, -0.2) is 4.79 Å². The average molecular weight is 986 g/mol. The molecule has 0 aromatic heterocycles. The van der Waals surface area contributed by atoms with Gasteiger partial charge in [0.25, 0.3) is 5.91 Å². The fourth-order valence-corrected chi connectivity index (χ4v) is 4.42. The standard InChI is InChI=1S/C27H13F31N2O2/c1-8-5-10(3-4-11(8)59-7-61)12(62)60-9(2)6-13(28,29)14(30,31)15(32,33)16(34,35)17(36,37)18(38,39)19(40,41)20(42,43)21(44,45)22(46,47)23(48,49)24(50,51)25(52,53)26(54,55)27(56,57)58/h3-5,9H,6H2,1-2H3,(H,60,62). The Hall–Kier alpha value is -4.10. The maximum absolute atomic E-state index is 14.4. The number of carbonyl (C=O) groups is 1. The maximum atomic E-state index is 14.4. The molecule has 0 saturated heterocycles. The van der Waals surface area contributed by atoms with Crippen molar-refractivity contribution in [1.82, 2.24) is 5.32 Å². The molecule has 62 heavy (non-hydrogen) atoms. The Kier molecular flexibility index (Phi) is 13.8. The number of nitrogens with one attached hydrogen (secondary N) is 1. The molecule has 1 N–H and O–H groups in total. The molecule has 1 rings (SSSR count). The number of benzene rings is 1. The second-order valence-electron chi connectivity index (χ2n) is 12.5. The lowest BCUT2D eigenvalue weighted by Gasteiger charge is -2.46. The van der Waals surface area contributed by atoms with E-state index in [1.807, 2.05) is 0 Å². The molecule has 1 unspecified atom stereocenters. The number of isocyanates is 1. The summed E-state index contributed by atoms with van der Waals surface area (Å²) in [5, 5.41) is 1.25. The van der Waals surface area contributed by atoms with Gasteiger partial charge in [-0.1, -0.05) is 0 Å². The first kappa shape index (κ1) is 55.9. The third-order valence-electron chi connectivity index (χ3n) is 8.11. The molecule has 1 aromatic carbocycles. The van der Waals surface area contributed by atoms with E-state index in [2.05, 4.69) is 4.99 Å². The Labute approximate surface area is 319 Å². The number of aryl methyl sites for hydroxylation is 1. The molecule has 360 valence electrons. The minimum absolute atomic E-state index is 0.0693. The summed E-state index contributed by atoms with van der Waals surface area (Å²) in [7, 11) is 0. The summed E-state index contributed by atoms with van der Waals surface area (Å²) in [5.41, 5.74) is -1.12. The Morgan fingerprint density at radius 1 is 0.500 bits per heavy atom. The Morgan fingerprint density at radius 2 is 0.774 bits per heavy atom. The van der Waals surface area contributed by atoms with E-state index in [-0.39, 0.29) is 18.2 Å². The minimum Gasteiger partial charge on any atom is -0.349 e. The summed E-state index contributed by atoms with van der Waals surface area (Å²) in [4.78, 5) is 25.6. The number of hydrogen-bond donors (Lipinski definition) is 1. The monoisotopic (exact) mass is 986 g/mol. The van der Waals surface area contributed by atoms with Crippen LogP contribution >= 0.6 is 0 Å². The molecule has 0 spiro atoms. The van der Waals surface area contributed by atoms with E-state index >= 15 is 0 Å². The number of amides is 1. The molecule has 0 fully saturated rings. The topological polar surface area (TPSA) is 58.5 Å². The highest BCUT2D eigenvalue weighted by Crippen LogP contribution is 2.69. The van der Waals surface area contributed by atoms with Crippen LogP contribution in [-0.4, -0.2) is 107 Å². The van der Waals surface area contributed by atoms with E-state index in [9.17, 15) is 146 Å². The van der Waals surface area contributed by atoms with Crippen molar-refractivity contribution in [2.45, 2.75) is 115 Å². The van der Waals surface area contributed by atoms with Crippen LogP contribution in [0.5, 0.6) is 0 Å². The molecular formula is C27H13F31N2O2. The Bertz CT molecular complexity index is 1880. The van der Waals surface area contributed by atoms with Crippen molar-refractivity contribution < 1.29 is 146 Å². The highest BCUT2D eigenvalue weighted by atomic mass is 19.4. The van der Waals surface area contributed by atoms with Crippen molar-refractivity contribution >= 4 is 17.7 Å². The zero-order chi connectivity index (χ0) is 50.3. The quantitative estimate of drug-likeness (QED) is 0.0905. The van der Waals surface area contributed by atoms with Crippen LogP contribution in [0.15, 0.2) is 23.2 Å². The molecule has 4 nitrogen and oxygen atoms in total. The van der Waals surface area contributed by atoms with Crippen LogP contribution in [-0.2, 0) is 4.79 Å². The molecule has 0 aliphatic rings. The SMILES string of the molecule is Cc1cc(C(=O)NC(C)CC(F)(F)C(F)(F)C(F)(F)C(F)(F)C(F)(F)C(F)(F)C(F)(F)C(F)(F)C(F)(F)C(F)(F)C(F)(F)C(F)(F)C(F)(F)C(F)(F)C(F)(F)F)ccc1N=C=O. The van der Waals surface area contributed by atoms with Crippen LogP contribution in [0.25, 0.3) is 0 Å². The van der Waals surface area contributed by atoms with E-state index in [1.165, 1.54) is 5.32 Å². The van der Waals surface area contributed by atoms with Crippen molar-refractivity contribution in [2.75, 3.05) is 0 Å². The molecule has 1 aromatic rings. The zero-order valence-corrected chi connectivity index (χ0v) is 28.5. The van der Waals surface area contributed by atoms with Gasteiger partial charge >= 0.3 is 89.1 Å². The van der Waals surface area contributed by atoms with Crippen molar-refractivity contribution in [3.63, 3.8) is 0 Å². The summed E-state index contributed by atoms with van der Waals surface area (Å²) < 4.78 is 427. The lowest BCUT2D eigenvalue weighted by molar-refractivity contribution is -0.489. The van der Waals surface area contributed by atoms with E-state index in [0.717, 1.165) is 25.1 Å². The fourth-order valence-electron chi connectivity index (χ4n) is 4.42. The second kappa shape index (κ2) is 15.3. The molecule has 0 radical (unpaired) electrons. The van der Waals surface area contributed by atoms with Gasteiger partial charge in [0.1, 0.15) is 0 Å². The van der Waals surface area contributed by atoms with Gasteiger partial charge in [0.15, 0.2) is 0 Å². The predicted molar refractivity (Wildman–Crippen MR) is 136 cm³/mol. The van der Waals surface area contributed by atoms with Gasteiger partial charge in [0, 0.05) is 18.0 Å². The number of carbonyl (C=O) groups excluding carboxylic acids is 2. The summed E-state index contributed by atoms with van der Waals surface area (Å²) in [6.07, 6.45) is -10.6. The lowest BCUT2D eigenvalue weighted by atomic mass is 9.82. The predicted octanol–water partition coefficient (Wildman–Crippen LogP) is 11.9. The van der Waals surface area contributed by atoms with Gasteiger partial charge in [-0.3, -0.25) is 4.79 Å². The minimum atomic E-state index is -10.1. The molecule has 1 amide bonds. The van der Waals surface area contributed by atoms with Gasteiger partial charge < -0.3 is 5.32 Å². The molecule has 0 heterocycles. The number of halogens is 31. The van der Waals surface area contributed by atoms with Crippen LogP contribution in [0.3, 0.4) is 0 Å². The summed E-state index contributed by atoms with van der Waals surface area (Å²) in [6, 6.07) is -0.657. The lowest BCUT2D eigenvalue weighted by Crippen LogP contribution is -2.79. The van der Waals surface area contributed by atoms with Crippen LogP contribution in [0.2, 0.25) is 0 Å². The van der Waals surface area contributed by atoms with E-state index < -0.39 is 113 Å². The molecule has 0 aliphatic heterocycles. The maximum Gasteiger partial charge on any atom is 0.460 e. The Morgan fingerprint density at radius 3 is 1.03 bits per heavy atom. The first-order valence-electron chi connectivity index (χ1n) is 14.6. The van der Waals surface area contributed by atoms with Gasteiger partial charge in [0.2, 0.25) is 6.08 Å². The molecule has 1 atom stereocenters. The fraction of sp³-hybridized carbons (Fsp3) is 0.704. The largest absolute Gasteiger partial charge is 0.460 e. The highest BCUT2D eigenvalue weighted by Gasteiger charge is 3.01. The normalized spacial score (nSPS) is 16.2. The van der Waals surface area contributed by atoms with Gasteiger partial charge in [0.05, 0.1) is 5.69 Å². The van der Waals surface area contributed by atoms with E-state index in [1.54, 1.807) is 0 Å². The zero-order valence-electron chi connectivity index (χ0n) is 28.5. The van der Waals surface area contributed by atoms with Crippen LogP contribution in [0.1, 0.15) is 29.3 Å². The van der Waals surface area contributed by atoms with Gasteiger partial charge in [-0.2, -0.15) is 141 Å². The molecule has 0 saturated carbocycles. The number of nitrogens with zero attached hydrogens (tertiary/aromatic N) is 1. The molecule has 0 aliphatic carbocycles. The first-order chi connectivity index (χ1) is 26.7. The van der Waals surface area contributed by atoms with E-state index in [4.69, 9.17) is 0 Å². The second-order valence-corrected chi connectivity index (χ2v) is 12.5. The first-order valence-corrected chi connectivity index (χ1v) is 14.6. The number of hydrogen-bond acceptors (Lipinski definition) is 3. The van der Waals surface area contributed by atoms with Crippen molar-refractivity contribution in [1.29, 1.82) is 0 Å². The molecule has 0 bridgehead atoms. The number of alkyl halides is 31. The number of rotatable bonds is 18. The van der Waals surface area contributed by atoms with Crippen molar-refractivity contribution in [2.24, 2.45) is 4.99 Å². The van der Waals surface area contributed by atoms with Gasteiger partial charge in [-0.05, 0) is 37.6 Å². The van der Waals surface area contributed by atoms with E-state index in [0.29, 0.717) is 6.07 Å². The number of aliphatic imine (C=N–C) groups is 1. The third kappa shape index (κ3) is 7.40.